The molecule has 0 bridgehead atoms. The van der Waals surface area contributed by atoms with Crippen molar-refractivity contribution in [2.75, 3.05) is 0 Å². The minimum Gasteiger partial charge on any atom is -0.295 e. The van der Waals surface area contributed by atoms with E-state index in [9.17, 15) is 9.59 Å². The van der Waals surface area contributed by atoms with Crippen LogP contribution in [-0.4, -0.2) is 15.0 Å². The summed E-state index contributed by atoms with van der Waals surface area (Å²) in [5.41, 5.74) is 1.02. The van der Waals surface area contributed by atoms with Crippen LogP contribution in [0.2, 0.25) is 0 Å². The standard InChI is InChI=1S/C11H11N3O2/c1-7-2-4-8(5-3-7)6-9-12-10(15)14-11(16)13-9/h2-5H,6H2,1H3,(H2,12,13,14,15,16). The number of benzene rings is 1. The van der Waals surface area contributed by atoms with E-state index in [1.54, 1.807) is 0 Å². The molecule has 0 aliphatic carbocycles. The summed E-state index contributed by atoms with van der Waals surface area (Å²) in [6.07, 6.45) is 0.444. The fourth-order valence-corrected chi connectivity index (χ4v) is 1.42. The van der Waals surface area contributed by atoms with Crippen LogP contribution in [0.3, 0.4) is 0 Å². The first-order valence-corrected chi connectivity index (χ1v) is 4.88. The van der Waals surface area contributed by atoms with Crippen molar-refractivity contribution >= 4 is 0 Å². The van der Waals surface area contributed by atoms with E-state index < -0.39 is 11.4 Å². The van der Waals surface area contributed by atoms with Crippen LogP contribution in [-0.2, 0) is 6.42 Å². The molecule has 0 spiro atoms. The normalized spacial score (nSPS) is 10.3. The highest BCUT2D eigenvalue weighted by molar-refractivity contribution is 5.23. The van der Waals surface area contributed by atoms with Crippen LogP contribution in [0, 0.1) is 6.92 Å². The van der Waals surface area contributed by atoms with Crippen LogP contribution in [0.5, 0.6) is 0 Å². The number of aromatic nitrogens is 3. The molecule has 0 unspecified atom stereocenters. The number of hydrogen-bond acceptors (Lipinski definition) is 3. The molecule has 16 heavy (non-hydrogen) atoms. The molecule has 1 aromatic heterocycles. The van der Waals surface area contributed by atoms with Crippen LogP contribution in [0.4, 0.5) is 0 Å². The van der Waals surface area contributed by atoms with Gasteiger partial charge in [-0.15, -0.1) is 0 Å². The predicted molar refractivity (Wildman–Crippen MR) is 59.5 cm³/mol. The van der Waals surface area contributed by atoms with E-state index in [1.165, 1.54) is 0 Å². The molecule has 0 saturated carbocycles. The van der Waals surface area contributed by atoms with Crippen LogP contribution < -0.4 is 11.4 Å². The largest absolute Gasteiger partial charge is 0.350 e. The van der Waals surface area contributed by atoms with Crippen LogP contribution >= 0.6 is 0 Å². The zero-order valence-corrected chi connectivity index (χ0v) is 8.78. The Morgan fingerprint density at radius 2 is 1.81 bits per heavy atom. The fourth-order valence-electron chi connectivity index (χ4n) is 1.42. The molecule has 0 aliphatic rings. The van der Waals surface area contributed by atoms with Gasteiger partial charge >= 0.3 is 11.4 Å². The van der Waals surface area contributed by atoms with E-state index in [0.717, 1.165) is 11.1 Å². The van der Waals surface area contributed by atoms with E-state index in [-0.39, 0.29) is 0 Å². The summed E-state index contributed by atoms with van der Waals surface area (Å²) in [6.45, 7) is 2.00. The van der Waals surface area contributed by atoms with Crippen LogP contribution in [0.25, 0.3) is 0 Å². The summed E-state index contributed by atoms with van der Waals surface area (Å²) < 4.78 is 0. The van der Waals surface area contributed by atoms with Gasteiger partial charge in [-0.1, -0.05) is 29.8 Å². The summed E-state index contributed by atoms with van der Waals surface area (Å²) in [6, 6.07) is 7.83. The summed E-state index contributed by atoms with van der Waals surface area (Å²) in [7, 11) is 0. The number of hydrogen-bond donors (Lipinski definition) is 2. The Bertz CT molecular complexity index is 567. The molecule has 5 heteroatoms. The molecule has 82 valence electrons. The molecule has 5 nitrogen and oxygen atoms in total. The third-order valence-electron chi connectivity index (χ3n) is 2.21. The average molecular weight is 217 g/mol. The Hall–Kier alpha value is -2.17. The second-order valence-electron chi connectivity index (χ2n) is 3.61. The molecule has 0 atom stereocenters. The van der Waals surface area contributed by atoms with Crippen molar-refractivity contribution in [2.45, 2.75) is 13.3 Å². The van der Waals surface area contributed by atoms with Gasteiger partial charge in [0, 0.05) is 6.42 Å². The minimum atomic E-state index is -0.620. The third-order valence-corrected chi connectivity index (χ3v) is 2.21. The summed E-state index contributed by atoms with van der Waals surface area (Å²) in [5.74, 6) is 0.373. The lowest BCUT2D eigenvalue weighted by molar-refractivity contribution is 0.848. The average Bonchev–Trinajstić information content (AvgIpc) is 2.20. The maximum absolute atomic E-state index is 11.0. The van der Waals surface area contributed by atoms with Crippen molar-refractivity contribution in [3.63, 3.8) is 0 Å². The monoisotopic (exact) mass is 217 g/mol. The van der Waals surface area contributed by atoms with Crippen LogP contribution in [0.1, 0.15) is 17.0 Å². The summed E-state index contributed by atoms with van der Waals surface area (Å²) in [4.78, 5) is 30.2. The molecule has 2 aromatic rings. The zero-order chi connectivity index (χ0) is 11.5. The maximum Gasteiger partial charge on any atom is 0.350 e. The Balaban J connectivity index is 2.30. The smallest absolute Gasteiger partial charge is 0.295 e. The Morgan fingerprint density at radius 3 is 2.44 bits per heavy atom. The number of rotatable bonds is 2. The van der Waals surface area contributed by atoms with Crippen molar-refractivity contribution < 1.29 is 0 Å². The van der Waals surface area contributed by atoms with E-state index in [0.29, 0.717) is 12.2 Å². The highest BCUT2D eigenvalue weighted by atomic mass is 16.2. The van der Waals surface area contributed by atoms with Gasteiger partial charge in [-0.2, -0.15) is 4.98 Å². The first-order chi connectivity index (χ1) is 7.63. The lowest BCUT2D eigenvalue weighted by atomic mass is 10.1. The number of aromatic amines is 2. The molecule has 0 radical (unpaired) electrons. The molecule has 0 amide bonds. The first-order valence-electron chi connectivity index (χ1n) is 4.88. The zero-order valence-electron chi connectivity index (χ0n) is 8.78. The molecule has 1 heterocycles. The first kappa shape index (κ1) is 10.4. The van der Waals surface area contributed by atoms with Gasteiger partial charge in [0.2, 0.25) is 0 Å². The summed E-state index contributed by atoms with van der Waals surface area (Å²) in [5, 5.41) is 0. The molecule has 0 saturated heterocycles. The minimum absolute atomic E-state index is 0.373. The van der Waals surface area contributed by atoms with Crippen molar-refractivity contribution in [3.8, 4) is 0 Å². The van der Waals surface area contributed by atoms with Gasteiger partial charge in [-0.3, -0.25) is 9.97 Å². The van der Waals surface area contributed by atoms with Crippen molar-refractivity contribution in [3.05, 3.63) is 62.2 Å². The van der Waals surface area contributed by atoms with Crippen molar-refractivity contribution in [2.24, 2.45) is 0 Å². The quantitative estimate of drug-likeness (QED) is 0.762. The van der Waals surface area contributed by atoms with Crippen LogP contribution in [0.15, 0.2) is 33.9 Å². The van der Waals surface area contributed by atoms with Crippen molar-refractivity contribution in [1.82, 2.24) is 15.0 Å². The van der Waals surface area contributed by atoms with Gasteiger partial charge < -0.3 is 0 Å². The number of nitrogens with zero attached hydrogens (tertiary/aromatic N) is 1. The second kappa shape index (κ2) is 4.14. The highest BCUT2D eigenvalue weighted by Gasteiger charge is 2.00. The molecule has 0 fully saturated rings. The summed E-state index contributed by atoms with van der Waals surface area (Å²) >= 11 is 0. The molecule has 2 N–H and O–H groups in total. The lowest BCUT2D eigenvalue weighted by Gasteiger charge is -2.00. The topological polar surface area (TPSA) is 78.6 Å². The molecule has 2 rings (SSSR count). The van der Waals surface area contributed by atoms with Gasteiger partial charge in [0.1, 0.15) is 5.82 Å². The Kier molecular flexibility index (Phi) is 2.68. The van der Waals surface area contributed by atoms with Gasteiger partial charge in [-0.25, -0.2) is 9.59 Å². The van der Waals surface area contributed by atoms with E-state index in [1.807, 2.05) is 36.2 Å². The van der Waals surface area contributed by atoms with Gasteiger partial charge in [0.05, 0.1) is 0 Å². The fraction of sp³-hybridized carbons (Fsp3) is 0.182. The lowest BCUT2D eigenvalue weighted by Crippen LogP contribution is -2.26. The van der Waals surface area contributed by atoms with Gasteiger partial charge in [0.25, 0.3) is 0 Å². The highest BCUT2D eigenvalue weighted by Crippen LogP contribution is 2.05. The van der Waals surface area contributed by atoms with E-state index in [4.69, 9.17) is 0 Å². The SMILES string of the molecule is Cc1ccc(Cc2nc(=O)[nH]c(=O)[nH]2)cc1. The molecular formula is C11H11N3O2. The molecule has 1 aromatic carbocycles. The number of aryl methyl sites for hydroxylation is 1. The Labute approximate surface area is 91.2 Å². The van der Waals surface area contributed by atoms with E-state index in [2.05, 4.69) is 9.97 Å². The Morgan fingerprint density at radius 1 is 1.12 bits per heavy atom. The maximum atomic E-state index is 11.0. The number of H-pyrrole nitrogens is 2. The van der Waals surface area contributed by atoms with Gasteiger partial charge in [0.15, 0.2) is 0 Å². The van der Waals surface area contributed by atoms with E-state index >= 15 is 0 Å². The third kappa shape index (κ3) is 2.44. The molecular weight excluding hydrogens is 206 g/mol. The second-order valence-corrected chi connectivity index (χ2v) is 3.61. The van der Waals surface area contributed by atoms with Gasteiger partial charge in [-0.05, 0) is 12.5 Å². The number of nitrogens with one attached hydrogen (secondary N) is 2. The molecule has 0 aliphatic heterocycles. The predicted octanol–water partition coefficient (Wildman–Crippen LogP) is 0.357. The van der Waals surface area contributed by atoms with Crippen molar-refractivity contribution in [1.29, 1.82) is 0 Å².